The van der Waals surface area contributed by atoms with Crippen molar-refractivity contribution in [1.82, 2.24) is 0 Å². The summed E-state index contributed by atoms with van der Waals surface area (Å²) in [7, 11) is 0. The molecule has 0 saturated carbocycles. The summed E-state index contributed by atoms with van der Waals surface area (Å²) in [6.07, 6.45) is 0.338. The summed E-state index contributed by atoms with van der Waals surface area (Å²) in [6, 6.07) is 7.95. The number of ether oxygens (including phenoxy) is 1. The Hall–Kier alpha value is -0.860. The molecule has 0 aliphatic carbocycles. The molecule has 1 N–H and O–H groups in total. The van der Waals surface area contributed by atoms with Crippen LogP contribution in [0.2, 0.25) is 0 Å². The Balaban J connectivity index is 2.45. The van der Waals surface area contributed by atoms with Crippen molar-refractivity contribution in [3.8, 4) is 0 Å². The van der Waals surface area contributed by atoms with Gasteiger partial charge in [-0.2, -0.15) is 0 Å². The smallest absolute Gasteiger partial charge is 0.105 e. The Kier molecular flexibility index (Phi) is 5.66. The van der Waals surface area contributed by atoms with Crippen molar-refractivity contribution in [3.63, 3.8) is 0 Å². The van der Waals surface area contributed by atoms with Crippen LogP contribution in [0.15, 0.2) is 24.3 Å². The first-order valence-electron chi connectivity index (χ1n) is 6.37. The van der Waals surface area contributed by atoms with E-state index in [0.29, 0.717) is 12.5 Å². The van der Waals surface area contributed by atoms with Crippen molar-refractivity contribution in [2.75, 3.05) is 6.61 Å². The number of hydrogen-bond acceptors (Lipinski definition) is 2. The standard InChI is InChI=1S/C15H24O2/c1-11(2)9-10-17-13(4)15(16)14-7-5-12(3)6-8-14/h5-8,11,13,15-16H,9-10H2,1-4H3. The number of benzene rings is 1. The molecule has 0 heterocycles. The lowest BCUT2D eigenvalue weighted by atomic mass is 10.0. The summed E-state index contributed by atoms with van der Waals surface area (Å²) in [6.45, 7) is 9.01. The second-order valence-corrected chi connectivity index (χ2v) is 5.11. The first kappa shape index (κ1) is 14.2. The van der Waals surface area contributed by atoms with Crippen LogP contribution in [-0.4, -0.2) is 17.8 Å². The van der Waals surface area contributed by atoms with Crippen molar-refractivity contribution in [2.45, 2.75) is 46.3 Å². The lowest BCUT2D eigenvalue weighted by Crippen LogP contribution is -2.19. The van der Waals surface area contributed by atoms with E-state index in [-0.39, 0.29) is 6.10 Å². The maximum absolute atomic E-state index is 10.1. The minimum absolute atomic E-state index is 0.156. The van der Waals surface area contributed by atoms with Gasteiger partial charge in [0.1, 0.15) is 6.10 Å². The van der Waals surface area contributed by atoms with Gasteiger partial charge in [0.25, 0.3) is 0 Å². The Bertz CT molecular complexity index is 316. The van der Waals surface area contributed by atoms with Gasteiger partial charge in [0.05, 0.1) is 6.10 Å². The highest BCUT2D eigenvalue weighted by atomic mass is 16.5. The van der Waals surface area contributed by atoms with Gasteiger partial charge in [0, 0.05) is 6.61 Å². The van der Waals surface area contributed by atoms with E-state index in [1.54, 1.807) is 0 Å². The second-order valence-electron chi connectivity index (χ2n) is 5.11. The van der Waals surface area contributed by atoms with Crippen molar-refractivity contribution < 1.29 is 9.84 Å². The maximum Gasteiger partial charge on any atom is 0.105 e. The largest absolute Gasteiger partial charge is 0.386 e. The number of aliphatic hydroxyl groups excluding tert-OH is 1. The van der Waals surface area contributed by atoms with Gasteiger partial charge in [-0.1, -0.05) is 43.7 Å². The normalized spacial score (nSPS) is 14.9. The second kappa shape index (κ2) is 6.77. The number of rotatable bonds is 6. The average molecular weight is 236 g/mol. The predicted octanol–water partition coefficient (Wildman–Crippen LogP) is 3.48. The zero-order valence-corrected chi connectivity index (χ0v) is 11.3. The SMILES string of the molecule is Cc1ccc(C(O)C(C)OCCC(C)C)cc1. The van der Waals surface area contributed by atoms with Crippen LogP contribution in [0, 0.1) is 12.8 Å². The molecule has 1 aromatic rings. The van der Waals surface area contributed by atoms with Gasteiger partial charge in [0.2, 0.25) is 0 Å². The molecular formula is C15H24O2. The van der Waals surface area contributed by atoms with E-state index in [1.807, 2.05) is 38.1 Å². The highest BCUT2D eigenvalue weighted by molar-refractivity contribution is 5.23. The molecule has 0 aromatic heterocycles. The summed E-state index contributed by atoms with van der Waals surface area (Å²) in [5, 5.41) is 10.1. The van der Waals surface area contributed by atoms with E-state index in [1.165, 1.54) is 5.56 Å². The van der Waals surface area contributed by atoms with E-state index in [4.69, 9.17) is 4.74 Å². The first-order chi connectivity index (χ1) is 8.00. The van der Waals surface area contributed by atoms with Gasteiger partial charge < -0.3 is 9.84 Å². The lowest BCUT2D eigenvalue weighted by molar-refractivity contribution is -0.0311. The molecule has 0 amide bonds. The molecule has 1 aromatic carbocycles. The number of aliphatic hydroxyl groups is 1. The topological polar surface area (TPSA) is 29.5 Å². The van der Waals surface area contributed by atoms with E-state index < -0.39 is 6.10 Å². The molecule has 0 aliphatic heterocycles. The van der Waals surface area contributed by atoms with Gasteiger partial charge in [-0.3, -0.25) is 0 Å². The molecular weight excluding hydrogens is 212 g/mol. The minimum atomic E-state index is -0.539. The van der Waals surface area contributed by atoms with Crippen LogP contribution in [0.5, 0.6) is 0 Å². The molecule has 17 heavy (non-hydrogen) atoms. The van der Waals surface area contributed by atoms with Gasteiger partial charge in [-0.05, 0) is 31.7 Å². The molecule has 0 fully saturated rings. The predicted molar refractivity (Wildman–Crippen MR) is 71.0 cm³/mol. The Labute approximate surface area is 105 Å². The van der Waals surface area contributed by atoms with Crippen molar-refractivity contribution in [1.29, 1.82) is 0 Å². The fourth-order valence-electron chi connectivity index (χ4n) is 1.62. The average Bonchev–Trinajstić information content (AvgIpc) is 2.28. The number of hydrogen-bond donors (Lipinski definition) is 1. The van der Waals surface area contributed by atoms with Crippen LogP contribution in [0.25, 0.3) is 0 Å². The van der Waals surface area contributed by atoms with Crippen LogP contribution in [0.3, 0.4) is 0 Å². The summed E-state index contributed by atoms with van der Waals surface area (Å²) >= 11 is 0. The van der Waals surface area contributed by atoms with E-state index >= 15 is 0 Å². The van der Waals surface area contributed by atoms with Crippen LogP contribution < -0.4 is 0 Å². The summed E-state index contributed by atoms with van der Waals surface area (Å²) in [4.78, 5) is 0. The molecule has 1 rings (SSSR count). The molecule has 2 heteroatoms. The van der Waals surface area contributed by atoms with Crippen LogP contribution in [0.1, 0.15) is 44.4 Å². The molecule has 96 valence electrons. The highest BCUT2D eigenvalue weighted by Gasteiger charge is 2.16. The van der Waals surface area contributed by atoms with E-state index in [9.17, 15) is 5.11 Å². The molecule has 2 unspecified atom stereocenters. The molecule has 2 atom stereocenters. The molecule has 0 saturated heterocycles. The monoisotopic (exact) mass is 236 g/mol. The summed E-state index contributed by atoms with van der Waals surface area (Å²) in [5.41, 5.74) is 2.13. The molecule has 2 nitrogen and oxygen atoms in total. The molecule has 0 bridgehead atoms. The molecule has 0 radical (unpaired) electrons. The summed E-state index contributed by atoms with van der Waals surface area (Å²) < 4.78 is 5.65. The minimum Gasteiger partial charge on any atom is -0.386 e. The molecule has 0 aliphatic rings. The van der Waals surface area contributed by atoms with Gasteiger partial charge >= 0.3 is 0 Å². The van der Waals surface area contributed by atoms with Crippen LogP contribution in [0.4, 0.5) is 0 Å². The van der Waals surface area contributed by atoms with Crippen LogP contribution >= 0.6 is 0 Å². The highest BCUT2D eigenvalue weighted by Crippen LogP contribution is 2.19. The quantitative estimate of drug-likeness (QED) is 0.819. The van der Waals surface area contributed by atoms with Crippen molar-refractivity contribution >= 4 is 0 Å². The number of aryl methyl sites for hydroxylation is 1. The zero-order chi connectivity index (χ0) is 12.8. The molecule has 0 spiro atoms. The van der Waals surface area contributed by atoms with Crippen molar-refractivity contribution in [2.24, 2.45) is 5.92 Å². The third kappa shape index (κ3) is 4.88. The maximum atomic E-state index is 10.1. The fraction of sp³-hybridized carbons (Fsp3) is 0.600. The zero-order valence-electron chi connectivity index (χ0n) is 11.3. The third-order valence-electron chi connectivity index (χ3n) is 2.94. The first-order valence-corrected chi connectivity index (χ1v) is 6.37. The van der Waals surface area contributed by atoms with Gasteiger partial charge in [-0.15, -0.1) is 0 Å². The lowest BCUT2D eigenvalue weighted by Gasteiger charge is -2.20. The fourth-order valence-corrected chi connectivity index (χ4v) is 1.62. The Morgan fingerprint density at radius 1 is 1.12 bits per heavy atom. The summed E-state index contributed by atoms with van der Waals surface area (Å²) in [5.74, 6) is 0.638. The van der Waals surface area contributed by atoms with E-state index in [2.05, 4.69) is 13.8 Å². The van der Waals surface area contributed by atoms with Crippen LogP contribution in [-0.2, 0) is 4.74 Å². The Morgan fingerprint density at radius 2 is 1.71 bits per heavy atom. The van der Waals surface area contributed by atoms with Gasteiger partial charge in [-0.25, -0.2) is 0 Å². The van der Waals surface area contributed by atoms with E-state index in [0.717, 1.165) is 12.0 Å². The van der Waals surface area contributed by atoms with Gasteiger partial charge in [0.15, 0.2) is 0 Å². The third-order valence-corrected chi connectivity index (χ3v) is 2.94. The van der Waals surface area contributed by atoms with Crippen molar-refractivity contribution in [3.05, 3.63) is 35.4 Å². The Morgan fingerprint density at radius 3 is 2.24 bits per heavy atom.